The first-order chi connectivity index (χ1) is 13.8. The van der Waals surface area contributed by atoms with Gasteiger partial charge >= 0.3 is 5.97 Å². The molecule has 0 N–H and O–H groups in total. The lowest BCUT2D eigenvalue weighted by Crippen LogP contribution is -2.51. The molecule has 3 fully saturated rings. The Morgan fingerprint density at radius 3 is 2.45 bits per heavy atom. The molecular formula is C25H36O4. The Labute approximate surface area is 175 Å². The summed E-state index contributed by atoms with van der Waals surface area (Å²) < 4.78 is 17.7. The van der Waals surface area contributed by atoms with Gasteiger partial charge in [0.15, 0.2) is 5.79 Å². The summed E-state index contributed by atoms with van der Waals surface area (Å²) >= 11 is 0. The van der Waals surface area contributed by atoms with Crippen molar-refractivity contribution in [2.24, 2.45) is 28.6 Å². The molecule has 0 aromatic rings. The van der Waals surface area contributed by atoms with Crippen LogP contribution in [-0.2, 0) is 19.0 Å². The molecule has 0 aromatic carbocycles. The smallest absolute Gasteiger partial charge is 0.302 e. The molecule has 2 saturated carbocycles. The minimum Gasteiger partial charge on any atom is -0.462 e. The third-order valence-corrected chi connectivity index (χ3v) is 9.30. The first-order valence-electron chi connectivity index (χ1n) is 11.6. The molecule has 5 rings (SSSR count). The van der Waals surface area contributed by atoms with Crippen molar-refractivity contribution in [3.8, 4) is 0 Å². The van der Waals surface area contributed by atoms with Gasteiger partial charge in [0.1, 0.15) is 6.10 Å². The molecule has 0 unspecified atom stereocenters. The van der Waals surface area contributed by atoms with Crippen LogP contribution in [0.2, 0.25) is 0 Å². The van der Waals surface area contributed by atoms with Gasteiger partial charge in [-0.1, -0.05) is 31.6 Å². The number of ether oxygens (including phenoxy) is 3. The van der Waals surface area contributed by atoms with Gasteiger partial charge < -0.3 is 14.2 Å². The highest BCUT2D eigenvalue weighted by molar-refractivity contribution is 5.66. The molecule has 29 heavy (non-hydrogen) atoms. The van der Waals surface area contributed by atoms with Gasteiger partial charge in [-0.15, -0.1) is 0 Å². The molecule has 1 heterocycles. The van der Waals surface area contributed by atoms with Crippen LogP contribution in [0, 0.1) is 28.6 Å². The highest BCUT2D eigenvalue weighted by atomic mass is 16.7. The van der Waals surface area contributed by atoms with E-state index in [4.69, 9.17) is 14.2 Å². The van der Waals surface area contributed by atoms with Gasteiger partial charge in [0.05, 0.1) is 13.2 Å². The Morgan fingerprint density at radius 2 is 1.72 bits per heavy atom. The van der Waals surface area contributed by atoms with Crippen LogP contribution >= 0.6 is 0 Å². The Morgan fingerprint density at radius 1 is 1.00 bits per heavy atom. The van der Waals surface area contributed by atoms with Crippen LogP contribution in [0.3, 0.4) is 0 Å². The number of allylic oxidation sites excluding steroid dienone is 2. The van der Waals surface area contributed by atoms with Gasteiger partial charge in [-0.25, -0.2) is 0 Å². The van der Waals surface area contributed by atoms with E-state index in [1.165, 1.54) is 31.8 Å². The van der Waals surface area contributed by atoms with E-state index >= 15 is 0 Å². The highest BCUT2D eigenvalue weighted by Gasteiger charge is 2.59. The molecular weight excluding hydrogens is 364 g/mol. The van der Waals surface area contributed by atoms with E-state index in [-0.39, 0.29) is 22.9 Å². The van der Waals surface area contributed by atoms with Crippen molar-refractivity contribution in [1.82, 2.24) is 0 Å². The average molecular weight is 401 g/mol. The van der Waals surface area contributed by atoms with E-state index in [1.807, 2.05) is 0 Å². The fraction of sp³-hybridized carbons (Fsp3) is 0.800. The predicted octanol–water partition coefficient (Wildman–Crippen LogP) is 5.18. The zero-order valence-corrected chi connectivity index (χ0v) is 18.5. The van der Waals surface area contributed by atoms with E-state index in [0.717, 1.165) is 37.5 Å². The third-order valence-electron chi connectivity index (χ3n) is 9.30. The number of fused-ring (bicyclic) bond motifs is 5. The van der Waals surface area contributed by atoms with Crippen molar-refractivity contribution >= 4 is 5.97 Å². The van der Waals surface area contributed by atoms with Crippen LogP contribution in [-0.4, -0.2) is 31.1 Å². The largest absolute Gasteiger partial charge is 0.462 e. The molecule has 0 radical (unpaired) electrons. The molecule has 4 aliphatic carbocycles. The van der Waals surface area contributed by atoms with E-state index < -0.39 is 5.79 Å². The monoisotopic (exact) mass is 400 g/mol. The number of carbonyl (C=O) groups excluding carboxylic acids is 1. The van der Waals surface area contributed by atoms with Gasteiger partial charge in [-0.2, -0.15) is 0 Å². The average Bonchev–Trinajstić information content (AvgIpc) is 3.25. The van der Waals surface area contributed by atoms with Crippen LogP contribution in [0.25, 0.3) is 0 Å². The van der Waals surface area contributed by atoms with Crippen LogP contribution in [0.4, 0.5) is 0 Å². The summed E-state index contributed by atoms with van der Waals surface area (Å²) in [5.74, 6) is 1.49. The summed E-state index contributed by atoms with van der Waals surface area (Å²) in [6.07, 6.45) is 13.0. The highest BCUT2D eigenvalue weighted by Crippen LogP contribution is 2.66. The van der Waals surface area contributed by atoms with Gasteiger partial charge in [-0.3, -0.25) is 4.79 Å². The number of carbonyl (C=O) groups is 1. The van der Waals surface area contributed by atoms with Crippen molar-refractivity contribution in [1.29, 1.82) is 0 Å². The van der Waals surface area contributed by atoms with E-state index in [0.29, 0.717) is 19.1 Å². The van der Waals surface area contributed by atoms with Crippen molar-refractivity contribution in [3.05, 3.63) is 23.3 Å². The van der Waals surface area contributed by atoms with Crippen LogP contribution in [0.1, 0.15) is 72.6 Å². The second kappa shape index (κ2) is 6.68. The van der Waals surface area contributed by atoms with Crippen molar-refractivity contribution in [2.75, 3.05) is 13.2 Å². The molecule has 0 aromatic heterocycles. The standard InChI is InChI=1S/C25H36O4/c1-16(26)29-18-9-11-23(2)17(15-18)5-6-19-20-7-8-22(25(4)27-13-14-28-25)24(20,3)12-10-21(19)23/h5,8,18-21H,6-7,9-15H2,1-4H3/t18-,19-,20+,21+,23+,24+/m0/s1. The molecule has 0 bridgehead atoms. The fourth-order valence-electron chi connectivity index (χ4n) is 7.90. The maximum Gasteiger partial charge on any atom is 0.302 e. The normalized spacial score (nSPS) is 45.5. The third kappa shape index (κ3) is 2.89. The maximum absolute atomic E-state index is 11.4. The molecule has 0 spiro atoms. The molecule has 4 heteroatoms. The summed E-state index contributed by atoms with van der Waals surface area (Å²) in [7, 11) is 0. The zero-order valence-electron chi connectivity index (χ0n) is 18.5. The SMILES string of the molecule is CC(=O)O[C@H]1CC[C@]2(C)C(=CC[C@H]3[C@H]4CC=C(C5(C)OCCO5)[C@]4(C)CC[C@H]32)C1. The second-order valence-corrected chi connectivity index (χ2v) is 10.7. The van der Waals surface area contributed by atoms with Gasteiger partial charge in [0.25, 0.3) is 0 Å². The molecule has 0 amide bonds. The molecule has 5 aliphatic rings. The van der Waals surface area contributed by atoms with E-state index in [1.54, 1.807) is 5.57 Å². The van der Waals surface area contributed by atoms with E-state index in [9.17, 15) is 4.79 Å². The van der Waals surface area contributed by atoms with Crippen molar-refractivity contribution < 1.29 is 19.0 Å². The van der Waals surface area contributed by atoms with Crippen LogP contribution in [0.15, 0.2) is 23.3 Å². The number of hydrogen-bond acceptors (Lipinski definition) is 4. The molecule has 6 atom stereocenters. The molecule has 1 aliphatic heterocycles. The minimum atomic E-state index is -0.516. The van der Waals surface area contributed by atoms with Crippen molar-refractivity contribution in [2.45, 2.75) is 84.5 Å². The first-order valence-corrected chi connectivity index (χ1v) is 11.6. The maximum atomic E-state index is 11.4. The minimum absolute atomic E-state index is 0.0774. The lowest BCUT2D eigenvalue weighted by atomic mass is 9.47. The number of esters is 1. The van der Waals surface area contributed by atoms with Crippen molar-refractivity contribution in [3.63, 3.8) is 0 Å². The second-order valence-electron chi connectivity index (χ2n) is 10.7. The quantitative estimate of drug-likeness (QED) is 0.473. The number of hydrogen-bond donors (Lipinski definition) is 0. The lowest BCUT2D eigenvalue weighted by Gasteiger charge is -2.58. The first kappa shape index (κ1) is 19.8. The molecule has 4 nitrogen and oxygen atoms in total. The summed E-state index contributed by atoms with van der Waals surface area (Å²) in [6.45, 7) is 10.0. The van der Waals surface area contributed by atoms with Crippen LogP contribution in [0.5, 0.6) is 0 Å². The molecule has 160 valence electrons. The Hall–Kier alpha value is -1.13. The topological polar surface area (TPSA) is 44.8 Å². The van der Waals surface area contributed by atoms with Gasteiger partial charge in [-0.05, 0) is 79.6 Å². The predicted molar refractivity (Wildman–Crippen MR) is 111 cm³/mol. The van der Waals surface area contributed by atoms with E-state index in [2.05, 4.69) is 32.9 Å². The van der Waals surface area contributed by atoms with Gasteiger partial charge in [0.2, 0.25) is 0 Å². The summed E-state index contributed by atoms with van der Waals surface area (Å²) in [5, 5.41) is 0. The Bertz CT molecular complexity index is 761. The summed E-state index contributed by atoms with van der Waals surface area (Å²) in [5.41, 5.74) is 3.43. The summed E-state index contributed by atoms with van der Waals surface area (Å²) in [4.78, 5) is 11.4. The number of rotatable bonds is 2. The Kier molecular flexibility index (Phi) is 4.57. The Balaban J connectivity index is 1.39. The molecule has 1 saturated heterocycles. The lowest BCUT2D eigenvalue weighted by molar-refractivity contribution is -0.149. The summed E-state index contributed by atoms with van der Waals surface area (Å²) in [6, 6.07) is 0. The van der Waals surface area contributed by atoms with Gasteiger partial charge in [0, 0.05) is 13.3 Å². The zero-order chi connectivity index (χ0) is 20.4. The van der Waals surface area contributed by atoms with Crippen LogP contribution < -0.4 is 0 Å². The fourth-order valence-corrected chi connectivity index (χ4v) is 7.90.